The number of fused-ring (bicyclic) bond motifs is 3. The molecule has 384 valence electrons. The van der Waals surface area contributed by atoms with Crippen LogP contribution in [0.2, 0.25) is 0 Å². The van der Waals surface area contributed by atoms with Gasteiger partial charge in [-0.3, -0.25) is 19.2 Å². The molecule has 1 aliphatic carbocycles. The van der Waals surface area contributed by atoms with Crippen molar-refractivity contribution in [3.63, 3.8) is 0 Å². The van der Waals surface area contributed by atoms with Gasteiger partial charge in [0.1, 0.15) is 30.1 Å². The molecular formula is C52H79N5O12. The van der Waals surface area contributed by atoms with Gasteiger partial charge in [0.25, 0.3) is 11.7 Å². The monoisotopic (exact) mass is 966 g/mol. The van der Waals surface area contributed by atoms with Gasteiger partial charge in [-0.15, -0.1) is 10.2 Å². The molecule has 2 saturated heterocycles. The number of tetrazole rings is 1. The van der Waals surface area contributed by atoms with Crippen LogP contribution in [-0.2, 0) is 47.7 Å². The second kappa shape index (κ2) is 25.7. The van der Waals surface area contributed by atoms with Crippen LogP contribution in [0.15, 0.2) is 53.9 Å². The minimum atomic E-state index is -2.43. The molecule has 1 aromatic heterocycles. The fourth-order valence-electron chi connectivity index (χ4n) is 10.7. The first-order chi connectivity index (χ1) is 32.8. The minimum absolute atomic E-state index is 0.0168. The number of Topliss-reactive ketones (excluding diaryl/α,β-unsaturated/α-hetero) is 3. The Balaban J connectivity index is 1.46. The molecule has 4 aliphatic rings. The molecule has 0 aromatic carbocycles. The SMILES string of the molecule is CO[C@H]1C[C@@H]2CC[C@@H](C)[C@@](O)(O2)C(=O)C(=O)N2CCCC[C@H]2C(=O)O[C@H]([C@H](C)C[C@@H]2CC[C@H](n3ncnn3)[C@H](OC)C2)CC(=O)[C@H](C)/C=C(\C)[C@@H](O)[C@H](OC)C(=O)[C@H](C)C[C@H](C)/C=C/C=C/C=C/1C. The molecule has 1 saturated carbocycles. The Morgan fingerprint density at radius 1 is 0.884 bits per heavy atom. The zero-order valence-corrected chi connectivity index (χ0v) is 42.5. The quantitative estimate of drug-likeness (QED) is 0.181. The van der Waals surface area contributed by atoms with E-state index in [9.17, 15) is 34.2 Å². The molecule has 0 unspecified atom stereocenters. The number of carbonyl (C=O) groups is 5. The van der Waals surface area contributed by atoms with Gasteiger partial charge in [0.05, 0.1) is 24.4 Å². The van der Waals surface area contributed by atoms with Crippen molar-refractivity contribution in [2.24, 2.45) is 35.5 Å². The van der Waals surface area contributed by atoms with Crippen LogP contribution in [-0.4, -0.2) is 141 Å². The number of rotatable bonds is 7. The molecule has 1 aromatic rings. The Kier molecular flexibility index (Phi) is 20.8. The van der Waals surface area contributed by atoms with Gasteiger partial charge in [-0.1, -0.05) is 71.1 Å². The van der Waals surface area contributed by atoms with Crippen LogP contribution in [0.1, 0.15) is 132 Å². The van der Waals surface area contributed by atoms with E-state index in [4.69, 9.17) is 23.7 Å². The number of aliphatic hydroxyl groups excluding tert-OH is 1. The van der Waals surface area contributed by atoms with E-state index in [1.165, 1.54) is 18.3 Å². The number of ether oxygens (including phenoxy) is 5. The van der Waals surface area contributed by atoms with Crippen molar-refractivity contribution < 1.29 is 57.9 Å². The van der Waals surface area contributed by atoms with E-state index >= 15 is 0 Å². The van der Waals surface area contributed by atoms with E-state index < -0.39 is 77.8 Å². The summed E-state index contributed by atoms with van der Waals surface area (Å²) in [5, 5.41) is 35.7. The Morgan fingerprint density at radius 3 is 2.32 bits per heavy atom. The number of cyclic esters (lactones) is 1. The van der Waals surface area contributed by atoms with Crippen LogP contribution in [0.5, 0.6) is 0 Å². The van der Waals surface area contributed by atoms with E-state index in [1.807, 2.05) is 58.1 Å². The number of allylic oxidation sites excluding steroid dienone is 6. The number of carbonyl (C=O) groups excluding carboxylic acids is 5. The molecule has 3 fully saturated rings. The smallest absolute Gasteiger partial charge is 0.329 e. The van der Waals surface area contributed by atoms with Crippen molar-refractivity contribution in [2.45, 2.75) is 180 Å². The fourth-order valence-corrected chi connectivity index (χ4v) is 10.7. The zero-order chi connectivity index (χ0) is 50.6. The summed E-state index contributed by atoms with van der Waals surface area (Å²) < 4.78 is 29.9. The van der Waals surface area contributed by atoms with Crippen molar-refractivity contribution in [3.05, 3.63) is 53.9 Å². The van der Waals surface area contributed by atoms with Gasteiger partial charge in [-0.25, -0.2) is 4.79 Å². The number of aromatic nitrogens is 4. The summed E-state index contributed by atoms with van der Waals surface area (Å²) in [6.45, 7) is 12.8. The minimum Gasteiger partial charge on any atom is -0.460 e. The van der Waals surface area contributed by atoms with Gasteiger partial charge in [0, 0.05) is 58.5 Å². The number of piperidine rings is 1. The van der Waals surface area contributed by atoms with Crippen LogP contribution in [0.4, 0.5) is 0 Å². The largest absolute Gasteiger partial charge is 0.460 e. The maximum Gasteiger partial charge on any atom is 0.329 e. The Hall–Kier alpha value is -4.26. The third kappa shape index (κ3) is 14.2. The molecule has 2 bridgehead atoms. The number of aliphatic hydroxyl groups is 2. The van der Waals surface area contributed by atoms with Crippen molar-refractivity contribution >= 4 is 29.2 Å². The standard InChI is InChI=1S/C52H79N5O12/c1-31-16-12-11-13-17-32(2)43(65-8)28-39-21-19-37(7)52(64,69-39)49(61)50(62)56-23-15-14-18-41(56)51(63)68-44(34(4)26-38-20-22-40(45(27-38)66-9)57-54-30-53-55-57)29-42(58)33(3)25-36(6)47(60)48(67-10)46(59)35(5)24-31/h11-13,16-17,25,30-31,33-35,37-41,43-45,47-48,60,64H,14-15,18-24,26-29H2,1-10H3/b13-11+,16-12+,32-17+,36-25+/t31-,33-,34-,35-,37-,38+,39+,40+,41+,43+,44+,45-,47-,48-,52-/m1/s1. The molecule has 3 aliphatic heterocycles. The van der Waals surface area contributed by atoms with Crippen LogP contribution in [0.25, 0.3) is 0 Å². The van der Waals surface area contributed by atoms with Crippen LogP contribution in [0.3, 0.4) is 0 Å². The molecule has 15 atom stereocenters. The normalized spacial score (nSPS) is 38.8. The number of nitrogens with zero attached hydrogens (tertiary/aromatic N) is 5. The number of hydrogen-bond donors (Lipinski definition) is 2. The first-order valence-corrected chi connectivity index (χ1v) is 25.0. The highest BCUT2D eigenvalue weighted by Crippen LogP contribution is 2.39. The van der Waals surface area contributed by atoms with Crippen molar-refractivity contribution in [3.8, 4) is 0 Å². The lowest BCUT2D eigenvalue weighted by atomic mass is 9.77. The molecule has 69 heavy (non-hydrogen) atoms. The van der Waals surface area contributed by atoms with Gasteiger partial charge in [-0.05, 0) is 112 Å². The summed E-state index contributed by atoms with van der Waals surface area (Å²) >= 11 is 0. The van der Waals surface area contributed by atoms with E-state index in [2.05, 4.69) is 15.4 Å². The molecule has 0 spiro atoms. The molecule has 17 heteroatoms. The number of ketones is 3. The summed E-state index contributed by atoms with van der Waals surface area (Å²) in [4.78, 5) is 73.9. The molecule has 5 rings (SSSR count). The fraction of sp³-hybridized carbons (Fsp3) is 0.731. The highest BCUT2D eigenvalue weighted by atomic mass is 16.6. The summed E-state index contributed by atoms with van der Waals surface area (Å²) in [6, 6.07) is -1.24. The average Bonchev–Trinajstić information content (AvgIpc) is 3.88. The number of esters is 1. The zero-order valence-electron chi connectivity index (χ0n) is 42.5. The predicted molar refractivity (Wildman–Crippen MR) is 256 cm³/mol. The van der Waals surface area contributed by atoms with E-state index in [0.29, 0.717) is 56.9 Å². The van der Waals surface area contributed by atoms with Crippen molar-refractivity contribution in [2.75, 3.05) is 27.9 Å². The second-order valence-corrected chi connectivity index (χ2v) is 20.3. The number of hydrogen-bond acceptors (Lipinski definition) is 15. The summed E-state index contributed by atoms with van der Waals surface area (Å²) in [5.41, 5.74) is 1.27. The summed E-state index contributed by atoms with van der Waals surface area (Å²) in [6.07, 6.45) is 13.7. The lowest BCUT2D eigenvalue weighted by Crippen LogP contribution is -2.61. The predicted octanol–water partition coefficient (Wildman–Crippen LogP) is 6.05. The Bertz CT molecular complexity index is 2020. The van der Waals surface area contributed by atoms with E-state index in [-0.39, 0.29) is 60.9 Å². The topological polar surface area (TPSA) is 219 Å². The summed E-state index contributed by atoms with van der Waals surface area (Å²) in [7, 11) is 4.61. The highest BCUT2D eigenvalue weighted by molar-refractivity contribution is 6.39. The van der Waals surface area contributed by atoms with Crippen LogP contribution < -0.4 is 0 Å². The lowest BCUT2D eigenvalue weighted by molar-refractivity contribution is -0.265. The van der Waals surface area contributed by atoms with Gasteiger partial charge in [-0.2, -0.15) is 4.80 Å². The number of methoxy groups -OCH3 is 3. The third-order valence-electron chi connectivity index (χ3n) is 15.1. The van der Waals surface area contributed by atoms with Gasteiger partial charge in [0.2, 0.25) is 5.79 Å². The maximum atomic E-state index is 14.5. The first kappa shape index (κ1) is 55.7. The highest BCUT2D eigenvalue weighted by Gasteiger charge is 2.53. The molecule has 17 nitrogen and oxygen atoms in total. The van der Waals surface area contributed by atoms with Gasteiger partial charge < -0.3 is 38.8 Å². The first-order valence-electron chi connectivity index (χ1n) is 25.0. The molecule has 2 N–H and O–H groups in total. The number of amides is 1. The second-order valence-electron chi connectivity index (χ2n) is 20.3. The van der Waals surface area contributed by atoms with Gasteiger partial charge >= 0.3 is 5.97 Å². The average molecular weight is 966 g/mol. The van der Waals surface area contributed by atoms with Gasteiger partial charge in [0.15, 0.2) is 12.1 Å². The van der Waals surface area contributed by atoms with Crippen molar-refractivity contribution in [1.29, 1.82) is 0 Å². The van der Waals surface area contributed by atoms with Crippen LogP contribution in [0, 0.1) is 35.5 Å². The van der Waals surface area contributed by atoms with Crippen molar-refractivity contribution in [1.82, 2.24) is 25.1 Å². The van der Waals surface area contributed by atoms with Crippen LogP contribution >= 0.6 is 0 Å². The molecular weight excluding hydrogens is 887 g/mol. The lowest BCUT2D eigenvalue weighted by Gasteiger charge is -2.42. The maximum absolute atomic E-state index is 14.5. The third-order valence-corrected chi connectivity index (χ3v) is 15.1. The Labute approximate surface area is 408 Å². The molecule has 0 radical (unpaired) electrons. The Morgan fingerprint density at radius 2 is 1.64 bits per heavy atom. The summed E-state index contributed by atoms with van der Waals surface area (Å²) in [5.74, 6) is -7.94. The molecule has 4 heterocycles. The van der Waals surface area contributed by atoms with E-state index in [1.54, 1.807) is 45.9 Å². The van der Waals surface area contributed by atoms with E-state index in [0.717, 1.165) is 18.4 Å². The molecule has 1 amide bonds.